The minimum atomic E-state index is -0.0327. The third-order valence-electron chi connectivity index (χ3n) is 4.56. The lowest BCUT2D eigenvalue weighted by atomic mass is 9.98. The number of rotatable bonds is 4. The Bertz CT molecular complexity index is 573. The van der Waals surface area contributed by atoms with Crippen LogP contribution < -0.4 is 10.2 Å². The standard InChI is InChI=1S/C17H23N3O2/c1-2-18-17(22)20-12-13(14-6-3-4-7-15(14)20)9-11-19-10-5-8-16(19)21/h3-4,6-7,13H,2,5,8-12H2,1H3,(H,18,22). The normalized spacial score (nSPS) is 20.4. The van der Waals surface area contributed by atoms with Gasteiger partial charge in [0.05, 0.1) is 0 Å². The molecule has 0 saturated carbocycles. The van der Waals surface area contributed by atoms with Crippen LogP contribution in [0.5, 0.6) is 0 Å². The van der Waals surface area contributed by atoms with Crippen molar-refractivity contribution in [2.24, 2.45) is 0 Å². The molecule has 1 fully saturated rings. The number of fused-ring (bicyclic) bond motifs is 1. The lowest BCUT2D eigenvalue weighted by Gasteiger charge is -2.20. The second-order valence-electron chi connectivity index (χ2n) is 5.97. The Morgan fingerprint density at radius 1 is 1.36 bits per heavy atom. The lowest BCUT2D eigenvalue weighted by Crippen LogP contribution is -2.39. The van der Waals surface area contributed by atoms with Crippen LogP contribution >= 0.6 is 0 Å². The van der Waals surface area contributed by atoms with Crippen LogP contribution in [-0.2, 0) is 4.79 Å². The van der Waals surface area contributed by atoms with E-state index in [4.69, 9.17) is 0 Å². The van der Waals surface area contributed by atoms with E-state index in [1.165, 1.54) is 5.56 Å². The maximum Gasteiger partial charge on any atom is 0.321 e. The average Bonchev–Trinajstić information content (AvgIpc) is 3.09. The van der Waals surface area contributed by atoms with E-state index in [9.17, 15) is 9.59 Å². The number of carbonyl (C=O) groups is 2. The van der Waals surface area contributed by atoms with Gasteiger partial charge in [-0.1, -0.05) is 18.2 Å². The Hall–Kier alpha value is -2.04. The van der Waals surface area contributed by atoms with E-state index in [2.05, 4.69) is 11.4 Å². The Morgan fingerprint density at radius 2 is 2.18 bits per heavy atom. The van der Waals surface area contributed by atoms with E-state index in [1.807, 2.05) is 34.9 Å². The quantitative estimate of drug-likeness (QED) is 0.928. The van der Waals surface area contributed by atoms with Gasteiger partial charge in [0.1, 0.15) is 0 Å². The van der Waals surface area contributed by atoms with Gasteiger partial charge < -0.3 is 10.2 Å². The molecule has 0 aromatic heterocycles. The highest BCUT2D eigenvalue weighted by Gasteiger charge is 2.32. The van der Waals surface area contributed by atoms with Crippen LogP contribution in [0.15, 0.2) is 24.3 Å². The summed E-state index contributed by atoms with van der Waals surface area (Å²) in [5.74, 6) is 0.582. The number of amides is 3. The molecule has 1 aromatic rings. The molecular weight excluding hydrogens is 278 g/mol. The SMILES string of the molecule is CCNC(=O)N1CC(CCN2CCCC2=O)c2ccccc21. The Labute approximate surface area is 131 Å². The van der Waals surface area contributed by atoms with Gasteiger partial charge in [-0.15, -0.1) is 0 Å². The number of para-hydroxylation sites is 1. The summed E-state index contributed by atoms with van der Waals surface area (Å²) < 4.78 is 0. The topological polar surface area (TPSA) is 52.7 Å². The number of nitrogens with zero attached hydrogens (tertiary/aromatic N) is 2. The highest BCUT2D eigenvalue weighted by atomic mass is 16.2. The van der Waals surface area contributed by atoms with Crippen LogP contribution in [0.1, 0.15) is 37.7 Å². The second kappa shape index (κ2) is 6.38. The third-order valence-corrected chi connectivity index (χ3v) is 4.56. The van der Waals surface area contributed by atoms with E-state index < -0.39 is 0 Å². The van der Waals surface area contributed by atoms with Crippen molar-refractivity contribution in [2.45, 2.75) is 32.1 Å². The van der Waals surface area contributed by atoms with Crippen LogP contribution in [0.2, 0.25) is 0 Å². The van der Waals surface area contributed by atoms with Crippen molar-refractivity contribution in [2.75, 3.05) is 31.1 Å². The fourth-order valence-electron chi connectivity index (χ4n) is 3.43. The van der Waals surface area contributed by atoms with Crippen molar-refractivity contribution in [1.29, 1.82) is 0 Å². The Morgan fingerprint density at radius 3 is 2.91 bits per heavy atom. The zero-order chi connectivity index (χ0) is 15.5. The molecule has 22 heavy (non-hydrogen) atoms. The summed E-state index contributed by atoms with van der Waals surface area (Å²) in [6, 6.07) is 8.07. The smallest absolute Gasteiger partial charge is 0.321 e. The molecule has 1 saturated heterocycles. The Balaban J connectivity index is 1.70. The molecule has 0 radical (unpaired) electrons. The molecule has 1 atom stereocenters. The second-order valence-corrected chi connectivity index (χ2v) is 5.97. The van der Waals surface area contributed by atoms with Gasteiger partial charge in [0.25, 0.3) is 0 Å². The minimum Gasteiger partial charge on any atom is -0.343 e. The number of likely N-dealkylation sites (tertiary alicyclic amines) is 1. The number of anilines is 1. The van der Waals surface area contributed by atoms with Gasteiger partial charge in [-0.3, -0.25) is 9.69 Å². The highest BCUT2D eigenvalue weighted by molar-refractivity contribution is 5.94. The van der Waals surface area contributed by atoms with Gasteiger partial charge in [-0.25, -0.2) is 4.79 Å². The first kappa shape index (κ1) is 14.9. The molecule has 2 heterocycles. The number of urea groups is 1. The van der Waals surface area contributed by atoms with E-state index in [1.54, 1.807) is 0 Å². The average molecular weight is 301 g/mol. The van der Waals surface area contributed by atoms with Crippen molar-refractivity contribution in [3.8, 4) is 0 Å². The van der Waals surface area contributed by atoms with Gasteiger partial charge in [0.15, 0.2) is 0 Å². The van der Waals surface area contributed by atoms with Gasteiger partial charge in [0.2, 0.25) is 5.91 Å². The number of carbonyl (C=O) groups excluding carboxylic acids is 2. The first-order valence-corrected chi connectivity index (χ1v) is 8.12. The monoisotopic (exact) mass is 301 g/mol. The lowest BCUT2D eigenvalue weighted by molar-refractivity contribution is -0.127. The third kappa shape index (κ3) is 2.80. The Kier molecular flexibility index (Phi) is 4.32. The van der Waals surface area contributed by atoms with Gasteiger partial charge >= 0.3 is 6.03 Å². The van der Waals surface area contributed by atoms with Crippen LogP contribution in [0.3, 0.4) is 0 Å². The first-order chi connectivity index (χ1) is 10.7. The molecule has 2 aliphatic heterocycles. The van der Waals surface area contributed by atoms with E-state index in [-0.39, 0.29) is 11.9 Å². The van der Waals surface area contributed by atoms with Crippen molar-refractivity contribution in [3.63, 3.8) is 0 Å². The number of nitrogens with one attached hydrogen (secondary N) is 1. The van der Waals surface area contributed by atoms with Gasteiger partial charge in [-0.05, 0) is 31.4 Å². The molecule has 0 spiro atoms. The number of hydrogen-bond acceptors (Lipinski definition) is 2. The summed E-state index contributed by atoms with van der Waals surface area (Å²) >= 11 is 0. The highest BCUT2D eigenvalue weighted by Crippen LogP contribution is 2.38. The maximum atomic E-state index is 12.2. The molecular formula is C17H23N3O2. The van der Waals surface area contributed by atoms with Crippen LogP contribution in [0.4, 0.5) is 10.5 Å². The summed E-state index contributed by atoms with van der Waals surface area (Å²) in [5.41, 5.74) is 2.23. The molecule has 3 rings (SSSR count). The van der Waals surface area contributed by atoms with Gasteiger partial charge in [-0.2, -0.15) is 0 Å². The number of hydrogen-bond donors (Lipinski definition) is 1. The van der Waals surface area contributed by atoms with E-state index >= 15 is 0 Å². The molecule has 3 amide bonds. The predicted octanol–water partition coefficient (Wildman–Crippen LogP) is 2.33. The molecule has 5 nitrogen and oxygen atoms in total. The van der Waals surface area contributed by atoms with Crippen molar-refractivity contribution in [1.82, 2.24) is 10.2 Å². The van der Waals surface area contributed by atoms with Crippen molar-refractivity contribution in [3.05, 3.63) is 29.8 Å². The first-order valence-electron chi connectivity index (χ1n) is 8.12. The zero-order valence-electron chi connectivity index (χ0n) is 13.0. The van der Waals surface area contributed by atoms with Crippen LogP contribution in [0.25, 0.3) is 0 Å². The molecule has 1 N–H and O–H groups in total. The van der Waals surface area contributed by atoms with E-state index in [0.29, 0.717) is 25.4 Å². The van der Waals surface area contributed by atoms with E-state index in [0.717, 1.165) is 31.6 Å². The van der Waals surface area contributed by atoms with Crippen LogP contribution in [-0.4, -0.2) is 43.0 Å². The fraction of sp³-hybridized carbons (Fsp3) is 0.529. The summed E-state index contributed by atoms with van der Waals surface area (Å²) in [5, 5.41) is 2.88. The van der Waals surface area contributed by atoms with Crippen molar-refractivity contribution >= 4 is 17.6 Å². The molecule has 1 unspecified atom stereocenters. The molecule has 118 valence electrons. The predicted molar refractivity (Wildman–Crippen MR) is 86.0 cm³/mol. The molecule has 5 heteroatoms. The molecule has 1 aromatic carbocycles. The molecule has 0 aliphatic carbocycles. The summed E-state index contributed by atoms with van der Waals surface area (Å²) in [7, 11) is 0. The van der Waals surface area contributed by atoms with Crippen LogP contribution in [0, 0.1) is 0 Å². The summed E-state index contributed by atoms with van der Waals surface area (Å²) in [6.07, 6.45) is 2.58. The van der Waals surface area contributed by atoms with Gasteiger partial charge in [0, 0.05) is 44.2 Å². The summed E-state index contributed by atoms with van der Waals surface area (Å²) in [4.78, 5) is 27.7. The molecule has 0 bridgehead atoms. The number of benzene rings is 1. The van der Waals surface area contributed by atoms with Crippen molar-refractivity contribution < 1.29 is 9.59 Å². The fourth-order valence-corrected chi connectivity index (χ4v) is 3.43. The zero-order valence-corrected chi connectivity index (χ0v) is 13.0. The summed E-state index contributed by atoms with van der Waals surface area (Å²) in [6.45, 7) is 4.93. The molecule has 2 aliphatic rings. The largest absolute Gasteiger partial charge is 0.343 e. The maximum absolute atomic E-state index is 12.2. The minimum absolute atomic E-state index is 0.0327.